The Hall–Kier alpha value is -1.28. The van der Waals surface area contributed by atoms with Gasteiger partial charge in [-0.2, -0.15) is 0 Å². The number of rotatable bonds is 1. The first kappa shape index (κ1) is 8.32. The summed E-state index contributed by atoms with van der Waals surface area (Å²) in [5.41, 5.74) is 1.05. The molecule has 3 heteroatoms. The molecule has 0 aliphatic carbocycles. The van der Waals surface area contributed by atoms with Crippen LogP contribution in [0.3, 0.4) is 0 Å². The van der Waals surface area contributed by atoms with E-state index in [4.69, 9.17) is 11.6 Å². The van der Waals surface area contributed by atoms with Gasteiger partial charge in [0.1, 0.15) is 0 Å². The molecule has 1 N–H and O–H groups in total. The Morgan fingerprint density at radius 2 is 2.15 bits per heavy atom. The van der Waals surface area contributed by atoms with Crippen LogP contribution in [0.5, 0.6) is 0 Å². The van der Waals surface area contributed by atoms with Crippen molar-refractivity contribution in [2.75, 3.05) is 0 Å². The lowest BCUT2D eigenvalue weighted by atomic mass is 10.1. The Balaban J connectivity index is 2.30. The van der Waals surface area contributed by atoms with Crippen LogP contribution < -0.4 is 5.32 Å². The molecule has 1 aromatic carbocycles. The van der Waals surface area contributed by atoms with Gasteiger partial charge in [-0.15, -0.1) is 0 Å². The third-order valence-corrected chi connectivity index (χ3v) is 2.26. The summed E-state index contributed by atoms with van der Waals surface area (Å²) in [4.78, 5) is 4.05. The van der Waals surface area contributed by atoms with Crippen molar-refractivity contribution in [3.8, 4) is 0 Å². The van der Waals surface area contributed by atoms with Crippen molar-refractivity contribution < 1.29 is 0 Å². The Kier molecular flexibility index (Phi) is 2.32. The summed E-state index contributed by atoms with van der Waals surface area (Å²) in [7, 11) is 0. The zero-order chi connectivity index (χ0) is 9.10. The molecule has 0 saturated carbocycles. The second-order valence-electron chi connectivity index (χ2n) is 2.78. The molecule has 13 heavy (non-hydrogen) atoms. The van der Waals surface area contributed by atoms with Crippen LogP contribution in [0.4, 0.5) is 0 Å². The highest BCUT2D eigenvalue weighted by molar-refractivity contribution is 6.31. The predicted octanol–water partition coefficient (Wildman–Crippen LogP) is 2.53. The summed E-state index contributed by atoms with van der Waals surface area (Å²) in [5.74, 6) is 0. The van der Waals surface area contributed by atoms with Gasteiger partial charge in [0.2, 0.25) is 0 Å². The van der Waals surface area contributed by atoms with E-state index in [1.807, 2.05) is 36.7 Å². The molecule has 1 atom stereocenters. The standard InChI is InChI=1S/C10H9ClN2/c11-9-4-2-1-3-8(9)10-7-12-5-6-13-10/h1-7,10,13H. The molecular formula is C10H9ClN2. The van der Waals surface area contributed by atoms with E-state index in [0.29, 0.717) is 0 Å². The van der Waals surface area contributed by atoms with Crippen molar-refractivity contribution >= 4 is 17.8 Å². The van der Waals surface area contributed by atoms with Crippen molar-refractivity contribution in [1.82, 2.24) is 5.32 Å². The van der Waals surface area contributed by atoms with Gasteiger partial charge in [0.25, 0.3) is 0 Å². The van der Waals surface area contributed by atoms with Crippen molar-refractivity contribution in [3.63, 3.8) is 0 Å². The first-order chi connectivity index (χ1) is 6.38. The molecule has 1 aromatic rings. The summed E-state index contributed by atoms with van der Waals surface area (Å²) in [6.45, 7) is 0. The van der Waals surface area contributed by atoms with Gasteiger partial charge in [0.15, 0.2) is 0 Å². The van der Waals surface area contributed by atoms with E-state index in [1.54, 1.807) is 6.20 Å². The maximum atomic E-state index is 6.03. The van der Waals surface area contributed by atoms with Crippen LogP contribution in [0.2, 0.25) is 5.02 Å². The Labute approximate surface area is 81.9 Å². The average Bonchev–Trinajstić information content (AvgIpc) is 2.20. The van der Waals surface area contributed by atoms with E-state index < -0.39 is 0 Å². The third kappa shape index (κ3) is 1.73. The lowest BCUT2D eigenvalue weighted by Crippen LogP contribution is -2.19. The van der Waals surface area contributed by atoms with Gasteiger partial charge in [-0.05, 0) is 11.6 Å². The maximum absolute atomic E-state index is 6.03. The predicted molar refractivity (Wildman–Crippen MR) is 55.0 cm³/mol. The third-order valence-electron chi connectivity index (χ3n) is 1.91. The number of aliphatic imine (C=N–C) groups is 1. The van der Waals surface area contributed by atoms with E-state index in [0.717, 1.165) is 10.6 Å². The molecule has 0 amide bonds. The largest absolute Gasteiger partial charge is 0.378 e. The van der Waals surface area contributed by atoms with Crippen LogP contribution in [0.1, 0.15) is 11.6 Å². The topological polar surface area (TPSA) is 24.4 Å². The SMILES string of the molecule is Clc1ccccc1C1C=NC=CN1. The molecular weight excluding hydrogens is 184 g/mol. The van der Waals surface area contributed by atoms with Gasteiger partial charge in [-0.25, -0.2) is 0 Å². The van der Waals surface area contributed by atoms with Crippen LogP contribution >= 0.6 is 11.6 Å². The molecule has 2 rings (SSSR count). The molecule has 1 aliphatic heterocycles. The summed E-state index contributed by atoms with van der Waals surface area (Å²) < 4.78 is 0. The molecule has 0 spiro atoms. The summed E-state index contributed by atoms with van der Waals surface area (Å²) in [5, 5.41) is 3.93. The van der Waals surface area contributed by atoms with Crippen LogP contribution in [-0.4, -0.2) is 6.21 Å². The van der Waals surface area contributed by atoms with Crippen molar-refractivity contribution in [2.45, 2.75) is 6.04 Å². The van der Waals surface area contributed by atoms with E-state index in [1.165, 1.54) is 0 Å². The molecule has 2 nitrogen and oxygen atoms in total. The normalized spacial score (nSPS) is 19.9. The zero-order valence-corrected chi connectivity index (χ0v) is 7.70. The van der Waals surface area contributed by atoms with E-state index in [9.17, 15) is 0 Å². The molecule has 0 saturated heterocycles. The highest BCUT2D eigenvalue weighted by Gasteiger charge is 2.10. The first-order valence-corrected chi connectivity index (χ1v) is 4.44. The summed E-state index contributed by atoms with van der Waals surface area (Å²) in [6, 6.07) is 7.85. The highest BCUT2D eigenvalue weighted by Crippen LogP contribution is 2.22. The molecule has 66 valence electrons. The van der Waals surface area contributed by atoms with E-state index in [-0.39, 0.29) is 6.04 Å². The maximum Gasteiger partial charge on any atom is 0.0880 e. The monoisotopic (exact) mass is 192 g/mol. The number of nitrogens with zero attached hydrogens (tertiary/aromatic N) is 1. The average molecular weight is 193 g/mol. The number of nitrogens with one attached hydrogen (secondary N) is 1. The minimum absolute atomic E-state index is 0.0960. The lowest BCUT2D eigenvalue weighted by Gasteiger charge is -2.16. The van der Waals surface area contributed by atoms with E-state index >= 15 is 0 Å². The van der Waals surface area contributed by atoms with Gasteiger partial charge < -0.3 is 5.32 Å². The Bertz CT molecular complexity index is 358. The van der Waals surface area contributed by atoms with Crippen LogP contribution in [0.25, 0.3) is 0 Å². The molecule has 0 radical (unpaired) electrons. The Morgan fingerprint density at radius 1 is 1.31 bits per heavy atom. The van der Waals surface area contributed by atoms with Crippen molar-refractivity contribution in [3.05, 3.63) is 47.3 Å². The fourth-order valence-electron chi connectivity index (χ4n) is 1.27. The molecule has 0 bridgehead atoms. The van der Waals surface area contributed by atoms with Gasteiger partial charge in [0.05, 0.1) is 6.04 Å². The summed E-state index contributed by atoms with van der Waals surface area (Å²) in [6.07, 6.45) is 5.36. The molecule has 0 aromatic heterocycles. The highest BCUT2D eigenvalue weighted by atomic mass is 35.5. The summed E-state index contributed by atoms with van der Waals surface area (Å²) >= 11 is 6.03. The first-order valence-electron chi connectivity index (χ1n) is 4.07. The zero-order valence-electron chi connectivity index (χ0n) is 6.94. The fraction of sp³-hybridized carbons (Fsp3) is 0.100. The van der Waals surface area contributed by atoms with Gasteiger partial charge in [-0.1, -0.05) is 29.8 Å². The number of hydrogen-bond donors (Lipinski definition) is 1. The van der Waals surface area contributed by atoms with Gasteiger partial charge in [-0.3, -0.25) is 4.99 Å². The number of halogens is 1. The number of hydrogen-bond acceptors (Lipinski definition) is 2. The molecule has 1 unspecified atom stereocenters. The smallest absolute Gasteiger partial charge is 0.0880 e. The quantitative estimate of drug-likeness (QED) is 0.727. The number of benzene rings is 1. The van der Waals surface area contributed by atoms with E-state index in [2.05, 4.69) is 10.3 Å². The minimum atomic E-state index is 0.0960. The van der Waals surface area contributed by atoms with Gasteiger partial charge >= 0.3 is 0 Å². The second-order valence-corrected chi connectivity index (χ2v) is 3.19. The lowest BCUT2D eigenvalue weighted by molar-refractivity contribution is 0.794. The van der Waals surface area contributed by atoms with Gasteiger partial charge in [0, 0.05) is 23.6 Å². The van der Waals surface area contributed by atoms with Crippen molar-refractivity contribution in [2.24, 2.45) is 4.99 Å². The van der Waals surface area contributed by atoms with Crippen molar-refractivity contribution in [1.29, 1.82) is 0 Å². The molecule has 0 fully saturated rings. The fourth-order valence-corrected chi connectivity index (χ4v) is 1.52. The van der Waals surface area contributed by atoms with Crippen LogP contribution in [0, 0.1) is 0 Å². The molecule has 1 heterocycles. The van der Waals surface area contributed by atoms with Crippen LogP contribution in [-0.2, 0) is 0 Å². The molecule has 1 aliphatic rings. The second kappa shape index (κ2) is 3.62. The Morgan fingerprint density at radius 3 is 2.85 bits per heavy atom. The van der Waals surface area contributed by atoms with Crippen LogP contribution in [0.15, 0.2) is 41.7 Å². The minimum Gasteiger partial charge on any atom is -0.378 e.